The molecule has 0 aliphatic rings. The summed E-state index contributed by atoms with van der Waals surface area (Å²) in [5.41, 5.74) is 0. The third-order valence-corrected chi connectivity index (χ3v) is 6.00. The molecule has 1 aromatic rings. The first kappa shape index (κ1) is 16.9. The fourth-order valence-electron chi connectivity index (χ4n) is 1.36. The van der Waals surface area contributed by atoms with Gasteiger partial charge in [0.25, 0.3) is 0 Å². The molecule has 3 nitrogen and oxygen atoms in total. The highest BCUT2D eigenvalue weighted by Crippen LogP contribution is 2.25. The van der Waals surface area contributed by atoms with Crippen LogP contribution in [0, 0.1) is 0 Å². The fraction of sp³-hybridized carbons (Fsp3) is 0.455. The maximum atomic E-state index is 12.1. The van der Waals surface area contributed by atoms with Crippen molar-refractivity contribution in [3.8, 4) is 0 Å². The van der Waals surface area contributed by atoms with Crippen molar-refractivity contribution in [3.63, 3.8) is 0 Å². The average Bonchev–Trinajstić information content (AvgIpc) is 2.32. The van der Waals surface area contributed by atoms with E-state index in [1.807, 2.05) is 0 Å². The van der Waals surface area contributed by atoms with Crippen molar-refractivity contribution in [3.05, 3.63) is 27.1 Å². The second-order valence-corrected chi connectivity index (χ2v) is 8.31. The molecule has 1 N–H and O–H groups in total. The number of nitrogens with one attached hydrogen (secondary N) is 1. The number of unbranched alkanes of at least 4 members (excludes halogenated alkanes) is 2. The molecule has 0 unspecified atom stereocenters. The number of alkyl halides is 1. The zero-order chi connectivity index (χ0) is 13.6. The van der Waals surface area contributed by atoms with Gasteiger partial charge >= 0.3 is 0 Å². The minimum Gasteiger partial charge on any atom is -0.211 e. The summed E-state index contributed by atoms with van der Waals surface area (Å²) in [6.45, 7) is 0.484. The molecule has 0 bridgehead atoms. The standard InChI is InChI=1S/C11H14Br2INO2S/c12-9-4-5-10(13)11(8-9)18(16,17)15-7-3-1-2-6-14/h4-5,8,15H,1-3,6-7H2. The molecule has 7 heteroatoms. The molecular formula is C11H14Br2INO2S. The van der Waals surface area contributed by atoms with Gasteiger partial charge in [-0.15, -0.1) is 0 Å². The van der Waals surface area contributed by atoms with Crippen LogP contribution in [0.1, 0.15) is 19.3 Å². The normalized spacial score (nSPS) is 11.7. The van der Waals surface area contributed by atoms with E-state index in [1.54, 1.807) is 18.2 Å². The van der Waals surface area contributed by atoms with E-state index in [0.717, 1.165) is 28.2 Å². The molecule has 0 aliphatic carbocycles. The molecule has 0 aromatic heterocycles. The quantitative estimate of drug-likeness (QED) is 0.341. The Labute approximate surface area is 139 Å². The van der Waals surface area contributed by atoms with Crippen molar-refractivity contribution in [1.82, 2.24) is 4.72 Å². The van der Waals surface area contributed by atoms with E-state index >= 15 is 0 Å². The highest BCUT2D eigenvalue weighted by molar-refractivity contribution is 14.1. The van der Waals surface area contributed by atoms with Gasteiger partial charge in [0, 0.05) is 15.5 Å². The van der Waals surface area contributed by atoms with Crippen molar-refractivity contribution >= 4 is 64.5 Å². The minimum absolute atomic E-state index is 0.269. The van der Waals surface area contributed by atoms with Crippen molar-refractivity contribution in [2.24, 2.45) is 0 Å². The Hall–Kier alpha value is 0.820. The summed E-state index contributed by atoms with van der Waals surface area (Å²) < 4.78 is 29.2. The number of benzene rings is 1. The van der Waals surface area contributed by atoms with Crippen LogP contribution < -0.4 is 4.72 Å². The largest absolute Gasteiger partial charge is 0.241 e. The van der Waals surface area contributed by atoms with Crippen LogP contribution >= 0.6 is 54.5 Å². The molecule has 0 spiro atoms. The van der Waals surface area contributed by atoms with Crippen LogP contribution in [-0.4, -0.2) is 19.4 Å². The van der Waals surface area contributed by atoms with Crippen LogP contribution in [0.15, 0.2) is 32.0 Å². The van der Waals surface area contributed by atoms with Gasteiger partial charge in [0.05, 0.1) is 4.90 Å². The third-order valence-electron chi connectivity index (χ3n) is 2.29. The maximum absolute atomic E-state index is 12.1. The number of rotatable bonds is 7. The topological polar surface area (TPSA) is 46.2 Å². The lowest BCUT2D eigenvalue weighted by Crippen LogP contribution is -2.25. The predicted molar refractivity (Wildman–Crippen MR) is 89.8 cm³/mol. The van der Waals surface area contributed by atoms with Gasteiger partial charge in [0.1, 0.15) is 0 Å². The Morgan fingerprint density at radius 2 is 1.89 bits per heavy atom. The smallest absolute Gasteiger partial charge is 0.211 e. The fourth-order valence-corrected chi connectivity index (χ4v) is 4.48. The average molecular weight is 511 g/mol. The first-order valence-electron chi connectivity index (χ1n) is 5.48. The molecular weight excluding hydrogens is 497 g/mol. The molecule has 1 aromatic carbocycles. The summed E-state index contributed by atoms with van der Waals surface area (Å²) in [6.07, 6.45) is 3.04. The summed E-state index contributed by atoms with van der Waals surface area (Å²) in [5.74, 6) is 0. The first-order chi connectivity index (χ1) is 8.47. The lowest BCUT2D eigenvalue weighted by Gasteiger charge is -2.08. The molecule has 0 aliphatic heterocycles. The van der Waals surface area contributed by atoms with E-state index < -0.39 is 10.0 Å². The van der Waals surface area contributed by atoms with Crippen molar-refractivity contribution < 1.29 is 8.42 Å². The summed E-state index contributed by atoms with van der Waals surface area (Å²) in [6, 6.07) is 5.11. The van der Waals surface area contributed by atoms with E-state index in [9.17, 15) is 8.42 Å². The Kier molecular flexibility index (Phi) is 7.67. The minimum atomic E-state index is -3.43. The Bertz CT molecular complexity index is 494. The lowest BCUT2D eigenvalue weighted by molar-refractivity contribution is 0.576. The number of hydrogen-bond acceptors (Lipinski definition) is 2. The molecule has 102 valence electrons. The van der Waals surface area contributed by atoms with Crippen molar-refractivity contribution in [2.75, 3.05) is 11.0 Å². The molecule has 0 fully saturated rings. The number of halogens is 3. The van der Waals surface area contributed by atoms with Crippen LogP contribution in [0.25, 0.3) is 0 Å². The third kappa shape index (κ3) is 5.44. The summed E-state index contributed by atoms with van der Waals surface area (Å²) in [7, 11) is -3.43. The molecule has 1 rings (SSSR count). The monoisotopic (exact) mass is 509 g/mol. The van der Waals surface area contributed by atoms with Gasteiger partial charge in [-0.2, -0.15) is 0 Å². The Morgan fingerprint density at radius 3 is 2.56 bits per heavy atom. The molecule has 0 saturated heterocycles. The van der Waals surface area contributed by atoms with Gasteiger partial charge in [0.15, 0.2) is 0 Å². The molecule has 0 amide bonds. The molecule has 0 atom stereocenters. The van der Waals surface area contributed by atoms with Gasteiger partial charge in [-0.05, 0) is 51.4 Å². The van der Waals surface area contributed by atoms with Crippen LogP contribution in [-0.2, 0) is 10.0 Å². The molecule has 0 heterocycles. The first-order valence-corrected chi connectivity index (χ1v) is 10.1. The lowest BCUT2D eigenvalue weighted by atomic mass is 10.3. The van der Waals surface area contributed by atoms with Crippen LogP contribution in [0.4, 0.5) is 0 Å². The SMILES string of the molecule is O=S(=O)(NCCCCCI)c1cc(Br)ccc1Br. The van der Waals surface area contributed by atoms with E-state index in [-0.39, 0.29) is 4.90 Å². The van der Waals surface area contributed by atoms with Crippen LogP contribution in [0.5, 0.6) is 0 Å². The summed E-state index contributed by atoms with van der Waals surface area (Å²) in [5, 5.41) is 0. The van der Waals surface area contributed by atoms with Crippen molar-refractivity contribution in [1.29, 1.82) is 0 Å². The van der Waals surface area contributed by atoms with Crippen molar-refractivity contribution in [2.45, 2.75) is 24.2 Å². The Morgan fingerprint density at radius 1 is 1.17 bits per heavy atom. The molecule has 18 heavy (non-hydrogen) atoms. The molecule has 0 radical (unpaired) electrons. The highest BCUT2D eigenvalue weighted by Gasteiger charge is 2.17. The van der Waals surface area contributed by atoms with Gasteiger partial charge in [-0.25, -0.2) is 13.1 Å². The van der Waals surface area contributed by atoms with Gasteiger partial charge < -0.3 is 0 Å². The van der Waals surface area contributed by atoms with Crippen LogP contribution in [0.2, 0.25) is 0 Å². The van der Waals surface area contributed by atoms with E-state index in [2.05, 4.69) is 59.2 Å². The maximum Gasteiger partial charge on any atom is 0.241 e. The van der Waals surface area contributed by atoms with Gasteiger partial charge in [0.2, 0.25) is 10.0 Å². The second kappa shape index (κ2) is 8.18. The number of sulfonamides is 1. The van der Waals surface area contributed by atoms with Gasteiger partial charge in [-0.1, -0.05) is 44.9 Å². The van der Waals surface area contributed by atoms with Crippen LogP contribution in [0.3, 0.4) is 0 Å². The predicted octanol–water partition coefficient (Wildman–Crippen LogP) is 4.10. The second-order valence-electron chi connectivity index (χ2n) is 3.72. The van der Waals surface area contributed by atoms with E-state index in [4.69, 9.17) is 0 Å². The summed E-state index contributed by atoms with van der Waals surface area (Å²) in [4.78, 5) is 0.269. The zero-order valence-corrected chi connectivity index (χ0v) is 15.8. The zero-order valence-electron chi connectivity index (χ0n) is 9.63. The summed E-state index contributed by atoms with van der Waals surface area (Å²) >= 11 is 8.86. The van der Waals surface area contributed by atoms with E-state index in [1.165, 1.54) is 0 Å². The molecule has 0 saturated carbocycles. The highest BCUT2D eigenvalue weighted by atomic mass is 127. The van der Waals surface area contributed by atoms with Gasteiger partial charge in [-0.3, -0.25) is 0 Å². The number of hydrogen-bond donors (Lipinski definition) is 1. The Balaban J connectivity index is 2.66. The van der Waals surface area contributed by atoms with E-state index in [0.29, 0.717) is 11.0 Å².